The molecule has 18 heteroatoms. The van der Waals surface area contributed by atoms with E-state index in [4.69, 9.17) is 15.6 Å². The highest BCUT2D eigenvalue weighted by Crippen LogP contribution is 2.44. The summed E-state index contributed by atoms with van der Waals surface area (Å²) in [6.07, 6.45) is -1.93. The Morgan fingerprint density at radius 2 is 1.38 bits per heavy atom. The predicted molar refractivity (Wildman–Crippen MR) is 251 cm³/mol. The molecule has 1 fully saturated rings. The highest BCUT2D eigenvalue weighted by molar-refractivity contribution is 5.97. The van der Waals surface area contributed by atoms with Crippen LogP contribution in [0.4, 0.5) is 4.79 Å². The molecule has 0 radical (unpaired) electrons. The molecule has 2 aromatic rings. The molecule has 1 saturated heterocycles. The normalized spacial score (nSPS) is 17.6. The van der Waals surface area contributed by atoms with Crippen LogP contribution in [0.15, 0.2) is 61.3 Å². The van der Waals surface area contributed by atoms with Crippen molar-refractivity contribution in [2.75, 3.05) is 26.2 Å². The maximum absolute atomic E-state index is 14.0. The number of nitrogens with zero attached hydrogens (tertiary/aromatic N) is 1. The number of amides is 6. The van der Waals surface area contributed by atoms with Crippen LogP contribution in [0.25, 0.3) is 11.1 Å². The van der Waals surface area contributed by atoms with Gasteiger partial charge in [-0.25, -0.2) is 9.59 Å². The quantitative estimate of drug-likeness (QED) is 0.0742. The maximum Gasteiger partial charge on any atom is 0.407 e. The number of benzene rings is 2. The summed E-state index contributed by atoms with van der Waals surface area (Å²) >= 11 is 0. The summed E-state index contributed by atoms with van der Waals surface area (Å²) in [6.45, 7) is 15.8. The van der Waals surface area contributed by atoms with Gasteiger partial charge in [0.2, 0.25) is 29.5 Å². The van der Waals surface area contributed by atoms with E-state index < -0.39 is 121 Å². The van der Waals surface area contributed by atoms with Crippen molar-refractivity contribution in [2.24, 2.45) is 11.8 Å². The fourth-order valence-corrected chi connectivity index (χ4v) is 8.44. The van der Waals surface area contributed by atoms with Gasteiger partial charge in [-0.15, -0.1) is 0 Å². The third-order valence-corrected chi connectivity index (χ3v) is 12.0. The molecule has 5 N–H and O–H groups in total. The predicted octanol–water partition coefficient (Wildman–Crippen LogP) is 3.99. The molecule has 0 saturated carbocycles. The molecular formula is C50H68N6O12. The van der Waals surface area contributed by atoms with E-state index >= 15 is 0 Å². The molecule has 18 nitrogen and oxygen atoms in total. The van der Waals surface area contributed by atoms with Crippen LogP contribution in [-0.2, 0) is 52.6 Å². The number of rotatable bonds is 24. The van der Waals surface area contributed by atoms with Gasteiger partial charge in [0.25, 0.3) is 0 Å². The molecule has 4 rings (SSSR count). The molecule has 6 amide bonds. The van der Waals surface area contributed by atoms with Crippen LogP contribution in [0.2, 0.25) is 0 Å². The summed E-state index contributed by atoms with van der Waals surface area (Å²) in [6, 6.07) is 11.0. The standard InChI is InChI=1S/C50H68N6O12/c1-10-29(5)37(23-31(58)25-51-45(61)39(11-2)55-49(65)67-28-38-35-20-16-14-18-33(35)34-19-15-17-21-36(34)38)44(60)52-26-43(59)53-40(12-3)46(62)54-41(22-30(6)57)47(63)56-27-32(68-50(7,8)9)24-42(56)48(64)66-13-4/h13-21,29,32,37-42H,4,10-12,22-28H2,1-3,5-9H3,(H,51,61)(H,52,60)(H,53,59)(H,54,62)(H,55,65)/t29-,32+,37-,39-,40-,41-,42-/m0/s1/i13T. The Bertz CT molecular complexity index is 2200. The second-order valence-electron chi connectivity index (χ2n) is 18.3. The van der Waals surface area contributed by atoms with Gasteiger partial charge in [0, 0.05) is 37.6 Å². The van der Waals surface area contributed by atoms with Gasteiger partial charge < -0.3 is 45.7 Å². The summed E-state index contributed by atoms with van der Waals surface area (Å²) in [7, 11) is 0. The minimum Gasteiger partial charge on any atom is -0.449 e. The van der Waals surface area contributed by atoms with E-state index in [1.165, 1.54) is 6.92 Å². The Morgan fingerprint density at radius 3 is 1.94 bits per heavy atom. The molecular weight excluding hydrogens is 877 g/mol. The molecule has 1 heterocycles. The highest BCUT2D eigenvalue weighted by atomic mass is 16.5. The summed E-state index contributed by atoms with van der Waals surface area (Å²) in [5.41, 5.74) is 3.58. The number of ether oxygens (including phenoxy) is 3. The first-order valence-corrected chi connectivity index (χ1v) is 23.2. The van der Waals surface area contributed by atoms with Crippen LogP contribution in [0.1, 0.15) is 112 Å². The first-order valence-electron chi connectivity index (χ1n) is 23.7. The number of ketones is 2. The van der Waals surface area contributed by atoms with Gasteiger partial charge in [-0.3, -0.25) is 33.6 Å². The Hall–Kier alpha value is -6.43. The second kappa shape index (κ2) is 25.1. The molecule has 1 aliphatic carbocycles. The molecule has 0 bridgehead atoms. The molecule has 2 aromatic carbocycles. The van der Waals surface area contributed by atoms with E-state index in [-0.39, 0.29) is 50.7 Å². The number of esters is 1. The van der Waals surface area contributed by atoms with Crippen LogP contribution in [0.3, 0.4) is 0 Å². The van der Waals surface area contributed by atoms with Crippen molar-refractivity contribution >= 4 is 53.2 Å². The summed E-state index contributed by atoms with van der Waals surface area (Å²) < 4.78 is 24.0. The summed E-state index contributed by atoms with van der Waals surface area (Å²) in [5.74, 6) is -6.74. The zero-order chi connectivity index (χ0) is 51.2. The number of carbonyl (C=O) groups excluding carboxylic acids is 9. The smallest absolute Gasteiger partial charge is 0.407 e. The van der Waals surface area contributed by atoms with E-state index in [0.717, 1.165) is 27.2 Å². The third-order valence-electron chi connectivity index (χ3n) is 12.0. The number of Topliss-reactive ketones (excluding diaryl/α,β-unsaturated/α-hetero) is 2. The van der Waals surface area contributed by atoms with Crippen LogP contribution in [0.5, 0.6) is 0 Å². The molecule has 68 heavy (non-hydrogen) atoms. The lowest BCUT2D eigenvalue weighted by Crippen LogP contribution is -2.57. The topological polar surface area (TPSA) is 245 Å². The molecule has 0 aromatic heterocycles. The van der Waals surface area contributed by atoms with E-state index in [0.29, 0.717) is 6.42 Å². The number of alkyl carbamates (subject to hydrolysis) is 1. The van der Waals surface area contributed by atoms with Crippen LogP contribution >= 0.6 is 0 Å². The Labute approximate surface area is 399 Å². The van der Waals surface area contributed by atoms with Crippen molar-refractivity contribution in [2.45, 2.75) is 136 Å². The number of fused-ring (bicyclic) bond motifs is 3. The largest absolute Gasteiger partial charge is 0.449 e. The van der Waals surface area contributed by atoms with Crippen molar-refractivity contribution in [3.8, 4) is 11.1 Å². The first kappa shape index (κ1) is 52.5. The zero-order valence-electron chi connectivity index (χ0n) is 41.4. The van der Waals surface area contributed by atoms with E-state index in [1.807, 2.05) is 55.5 Å². The van der Waals surface area contributed by atoms with Gasteiger partial charge in [-0.1, -0.05) is 89.2 Å². The van der Waals surface area contributed by atoms with Crippen molar-refractivity contribution in [1.82, 2.24) is 31.5 Å². The molecule has 7 atom stereocenters. The average Bonchev–Trinajstić information content (AvgIpc) is 3.86. The Kier molecular flexibility index (Phi) is 19.4. The fourth-order valence-electron chi connectivity index (χ4n) is 8.44. The van der Waals surface area contributed by atoms with Crippen molar-refractivity contribution in [1.29, 1.82) is 0 Å². The second-order valence-corrected chi connectivity index (χ2v) is 18.3. The molecule has 370 valence electrons. The monoisotopic (exact) mass is 946 g/mol. The van der Waals surface area contributed by atoms with Gasteiger partial charge in [0.15, 0.2) is 5.78 Å². The SMILES string of the molecule is [3H]C(=C)OC(=O)[C@@H]1C[C@@H](OC(C)(C)C)CN1C(=O)[C@H](CC(C)=O)NC(=O)[C@H](CC)NC(=O)CNC(=O)[C@@H](CC(=O)CNC(=O)[C@H](CC)NC(=O)OCC1c2ccccc2-c2ccccc21)[C@@H](C)CC. The van der Waals surface area contributed by atoms with Crippen LogP contribution in [0, 0.1) is 11.8 Å². The van der Waals surface area contributed by atoms with Gasteiger partial charge in [-0.2, -0.15) is 0 Å². The highest BCUT2D eigenvalue weighted by Gasteiger charge is 2.45. The van der Waals surface area contributed by atoms with E-state index in [1.54, 1.807) is 41.5 Å². The zero-order valence-corrected chi connectivity index (χ0v) is 40.4. The number of hydrogen-bond donors (Lipinski definition) is 5. The summed E-state index contributed by atoms with van der Waals surface area (Å²) in [5, 5.41) is 12.7. The maximum atomic E-state index is 14.0. The molecule has 1 aliphatic heterocycles. The Morgan fingerprint density at radius 1 is 0.794 bits per heavy atom. The van der Waals surface area contributed by atoms with Crippen molar-refractivity contribution in [3.05, 3.63) is 72.5 Å². The van der Waals surface area contributed by atoms with Crippen molar-refractivity contribution in [3.63, 3.8) is 0 Å². The lowest BCUT2D eigenvalue weighted by atomic mass is 9.86. The molecule has 0 unspecified atom stereocenters. The van der Waals surface area contributed by atoms with Crippen molar-refractivity contribution < 1.29 is 58.7 Å². The Balaban J connectivity index is 1.28. The van der Waals surface area contributed by atoms with Gasteiger partial charge in [0.05, 0.1) is 31.0 Å². The number of carbonyl (C=O) groups is 9. The average molecular weight is 947 g/mol. The summed E-state index contributed by atoms with van der Waals surface area (Å²) in [4.78, 5) is 120. The van der Waals surface area contributed by atoms with Crippen LogP contribution in [-0.4, -0.2) is 120 Å². The van der Waals surface area contributed by atoms with Gasteiger partial charge >= 0.3 is 12.1 Å². The first-order chi connectivity index (χ1) is 32.6. The molecule has 0 spiro atoms. The van der Waals surface area contributed by atoms with Gasteiger partial charge in [-0.05, 0) is 68.7 Å². The van der Waals surface area contributed by atoms with E-state index in [2.05, 4.69) is 33.2 Å². The minimum atomic E-state index is -1.44. The third kappa shape index (κ3) is 15.0. The van der Waals surface area contributed by atoms with E-state index in [9.17, 15) is 43.2 Å². The van der Waals surface area contributed by atoms with Crippen LogP contribution < -0.4 is 26.6 Å². The molecule has 2 aliphatic rings. The fraction of sp³-hybridized carbons (Fsp3) is 0.540. The number of hydrogen-bond acceptors (Lipinski definition) is 12. The minimum absolute atomic E-state index is 0.0302. The number of nitrogens with one attached hydrogen (secondary N) is 5. The number of likely N-dealkylation sites (tertiary alicyclic amines) is 1. The van der Waals surface area contributed by atoms with Gasteiger partial charge in [0.1, 0.15) is 37.9 Å². The lowest BCUT2D eigenvalue weighted by Gasteiger charge is -2.29. The lowest BCUT2D eigenvalue weighted by molar-refractivity contribution is -0.150.